The van der Waals surface area contributed by atoms with Crippen LogP contribution in [0.3, 0.4) is 0 Å². The zero-order valence-electron chi connectivity index (χ0n) is 23.7. The second-order valence-corrected chi connectivity index (χ2v) is 12.8. The molecule has 1 aromatic carbocycles. The van der Waals surface area contributed by atoms with Gasteiger partial charge in [0.1, 0.15) is 5.54 Å². The van der Waals surface area contributed by atoms with E-state index in [1.165, 1.54) is 11.8 Å². The highest BCUT2D eigenvalue weighted by Gasteiger charge is 2.48. The summed E-state index contributed by atoms with van der Waals surface area (Å²) in [4.78, 5) is 42.2. The lowest BCUT2D eigenvalue weighted by Crippen LogP contribution is -2.54. The fourth-order valence-electron chi connectivity index (χ4n) is 6.06. The number of fused-ring (bicyclic) bond motifs is 1. The smallest absolute Gasteiger partial charge is 0.254 e. The molecule has 5 rings (SSSR count). The van der Waals surface area contributed by atoms with Crippen LogP contribution in [0.1, 0.15) is 79.0 Å². The molecule has 2 amide bonds. The minimum atomic E-state index is -0.989. The number of thioether (sulfide) groups is 1. The Balaban J connectivity index is 1.25. The van der Waals surface area contributed by atoms with Gasteiger partial charge < -0.3 is 25.1 Å². The van der Waals surface area contributed by atoms with E-state index in [1.807, 2.05) is 26.2 Å². The number of aryl methyl sites for hydroxylation is 1. The van der Waals surface area contributed by atoms with Crippen molar-refractivity contribution in [3.63, 3.8) is 0 Å². The molecule has 218 valence electrons. The number of ether oxygens (including phenoxy) is 2. The van der Waals surface area contributed by atoms with Crippen molar-refractivity contribution in [3.8, 4) is 17.6 Å². The number of benzene rings is 1. The number of H-pyrrole nitrogens is 1. The van der Waals surface area contributed by atoms with Gasteiger partial charge in [-0.2, -0.15) is 5.26 Å². The summed E-state index contributed by atoms with van der Waals surface area (Å²) in [5, 5.41) is 15.6. The van der Waals surface area contributed by atoms with Gasteiger partial charge in [0, 0.05) is 52.6 Å². The number of halogens is 1. The number of hydrogen-bond donors (Lipinski definition) is 3. The molecule has 0 spiro atoms. The summed E-state index contributed by atoms with van der Waals surface area (Å²) in [5.74, 6) is -0.691. The van der Waals surface area contributed by atoms with Crippen molar-refractivity contribution >= 4 is 35.2 Å². The first-order valence-corrected chi connectivity index (χ1v) is 15.6. The molecule has 41 heavy (non-hydrogen) atoms. The van der Waals surface area contributed by atoms with Gasteiger partial charge in [-0.3, -0.25) is 14.4 Å². The van der Waals surface area contributed by atoms with E-state index in [2.05, 4.69) is 21.7 Å². The van der Waals surface area contributed by atoms with Gasteiger partial charge in [-0.05, 0) is 77.2 Å². The lowest BCUT2D eigenvalue weighted by Gasteiger charge is -2.39. The Morgan fingerprint density at radius 1 is 1.17 bits per heavy atom. The molecule has 2 saturated carbocycles. The van der Waals surface area contributed by atoms with Crippen molar-refractivity contribution in [1.29, 1.82) is 5.26 Å². The third-order valence-electron chi connectivity index (χ3n) is 8.79. The molecule has 1 atom stereocenters. The molecule has 0 radical (unpaired) electrons. The highest BCUT2D eigenvalue weighted by atomic mass is 35.5. The lowest BCUT2D eigenvalue weighted by molar-refractivity contribution is -0.137. The Kier molecular flexibility index (Phi) is 8.05. The molecule has 0 saturated heterocycles. The number of amides is 2. The monoisotopic (exact) mass is 598 g/mol. The van der Waals surface area contributed by atoms with E-state index in [9.17, 15) is 19.6 Å². The quantitative estimate of drug-likeness (QED) is 0.375. The average Bonchev–Trinajstić information content (AvgIpc) is 3.31. The predicted molar refractivity (Wildman–Crippen MR) is 156 cm³/mol. The van der Waals surface area contributed by atoms with E-state index < -0.39 is 11.3 Å². The van der Waals surface area contributed by atoms with Crippen molar-refractivity contribution in [2.24, 2.45) is 11.8 Å². The molecule has 11 heteroatoms. The van der Waals surface area contributed by atoms with Crippen LogP contribution in [0, 0.1) is 37.0 Å². The molecule has 2 aliphatic carbocycles. The third kappa shape index (κ3) is 5.54. The largest absolute Gasteiger partial charge is 0.448 e. The number of rotatable bonds is 7. The number of nitrogens with zero attached hydrogens (tertiary/aromatic N) is 1. The Morgan fingerprint density at radius 2 is 1.85 bits per heavy atom. The molecule has 2 fully saturated rings. The summed E-state index contributed by atoms with van der Waals surface area (Å²) < 4.78 is 12.7. The van der Waals surface area contributed by atoms with Crippen LogP contribution in [-0.2, 0) is 11.3 Å². The molecule has 0 bridgehead atoms. The average molecular weight is 599 g/mol. The molecule has 2 heterocycles. The summed E-state index contributed by atoms with van der Waals surface area (Å²) in [7, 11) is 0. The van der Waals surface area contributed by atoms with Crippen LogP contribution in [0.4, 0.5) is 0 Å². The van der Waals surface area contributed by atoms with Crippen LogP contribution < -0.4 is 25.7 Å². The van der Waals surface area contributed by atoms with Gasteiger partial charge >= 0.3 is 0 Å². The summed E-state index contributed by atoms with van der Waals surface area (Å²) in [6, 6.07) is 5.73. The Bertz CT molecular complexity index is 1490. The van der Waals surface area contributed by atoms with E-state index in [-0.39, 0.29) is 40.8 Å². The van der Waals surface area contributed by atoms with Gasteiger partial charge in [0.2, 0.25) is 5.91 Å². The van der Waals surface area contributed by atoms with Gasteiger partial charge in [-0.15, -0.1) is 11.8 Å². The number of nitrogens with one attached hydrogen (secondary N) is 3. The maximum absolute atomic E-state index is 13.2. The van der Waals surface area contributed by atoms with Crippen LogP contribution in [-0.4, -0.2) is 34.4 Å². The van der Waals surface area contributed by atoms with Crippen molar-refractivity contribution < 1.29 is 19.1 Å². The Labute approximate surface area is 248 Å². The van der Waals surface area contributed by atoms with Gasteiger partial charge in [0.05, 0.1) is 11.1 Å². The van der Waals surface area contributed by atoms with Gasteiger partial charge in [-0.25, -0.2) is 0 Å². The topological polar surface area (TPSA) is 133 Å². The zero-order chi connectivity index (χ0) is 29.5. The van der Waals surface area contributed by atoms with Crippen LogP contribution in [0.25, 0.3) is 0 Å². The molecule has 3 aliphatic rings. The first-order chi connectivity index (χ1) is 19.5. The number of nitriles is 1. The summed E-state index contributed by atoms with van der Waals surface area (Å²) in [5.41, 5.74) is 1.28. The van der Waals surface area contributed by atoms with Crippen LogP contribution in [0.5, 0.6) is 11.5 Å². The van der Waals surface area contributed by atoms with Gasteiger partial charge in [-0.1, -0.05) is 11.6 Å². The maximum atomic E-state index is 13.2. The number of aromatic amines is 1. The van der Waals surface area contributed by atoms with Crippen molar-refractivity contribution in [1.82, 2.24) is 15.6 Å². The van der Waals surface area contributed by atoms with Crippen molar-refractivity contribution in [2.75, 3.05) is 6.26 Å². The summed E-state index contributed by atoms with van der Waals surface area (Å²) in [6.45, 7) is 5.55. The fraction of sp³-hybridized carbons (Fsp3) is 0.533. The number of hydrogen-bond acceptors (Lipinski definition) is 7. The molecule has 3 N–H and O–H groups in total. The number of pyridine rings is 1. The predicted octanol–water partition coefficient (Wildman–Crippen LogP) is 5.15. The summed E-state index contributed by atoms with van der Waals surface area (Å²) in [6.07, 6.45) is 7.06. The number of carbonyl (C=O) groups excluding carboxylic acids is 2. The minimum absolute atomic E-state index is 0.0125. The molecule has 1 aromatic heterocycles. The van der Waals surface area contributed by atoms with E-state index in [4.69, 9.17) is 21.1 Å². The van der Waals surface area contributed by atoms with Gasteiger partial charge in [0.25, 0.3) is 17.3 Å². The zero-order valence-corrected chi connectivity index (χ0v) is 25.3. The fourth-order valence-corrected chi connectivity index (χ4v) is 7.00. The van der Waals surface area contributed by atoms with Crippen molar-refractivity contribution in [2.45, 2.75) is 88.5 Å². The Hall–Kier alpha value is -3.16. The van der Waals surface area contributed by atoms with E-state index >= 15 is 0 Å². The number of aromatic nitrogens is 1. The third-order valence-corrected chi connectivity index (χ3v) is 9.88. The maximum Gasteiger partial charge on any atom is 0.254 e. The minimum Gasteiger partial charge on any atom is -0.448 e. The molecular formula is C30H35ClN4O5S. The molecular weight excluding hydrogens is 564 g/mol. The van der Waals surface area contributed by atoms with Crippen LogP contribution in [0.2, 0.25) is 5.02 Å². The molecule has 9 nitrogen and oxygen atoms in total. The Morgan fingerprint density at radius 3 is 2.46 bits per heavy atom. The van der Waals surface area contributed by atoms with E-state index in [1.54, 1.807) is 13.0 Å². The highest BCUT2D eigenvalue weighted by Crippen LogP contribution is 2.52. The molecule has 1 unspecified atom stereocenters. The summed E-state index contributed by atoms with van der Waals surface area (Å²) >= 11 is 8.05. The molecule has 2 aromatic rings. The van der Waals surface area contributed by atoms with Gasteiger partial charge in [0.15, 0.2) is 11.5 Å². The van der Waals surface area contributed by atoms with E-state index in [0.717, 1.165) is 29.9 Å². The normalized spacial score (nSPS) is 24.2. The van der Waals surface area contributed by atoms with Crippen LogP contribution >= 0.6 is 23.4 Å². The first kappa shape index (κ1) is 29.3. The highest BCUT2D eigenvalue weighted by molar-refractivity contribution is 7.98. The first-order valence-electron chi connectivity index (χ1n) is 14.0. The second-order valence-electron chi connectivity index (χ2n) is 11.5. The standard InChI is InChI=1S/C30H35ClN4O5S/c1-16-12-23(41-4)21(28(38)34-16)14-33-27(37)20-13-22(31)25-24(17(20)2)39-29(3,40-25)19-8-6-18(7-9-19)26(36)35-30(15-32)10-5-11-30/h12-13,18-19H,5-11,14H2,1-4H3,(H,33,37)(H,34,38)(H,35,36). The SMILES string of the molecule is CSc1cc(C)[nH]c(=O)c1CNC(=O)c1cc(Cl)c2c(c1C)OC(C)(C1CCC(C(=O)NC3(C#N)CCC3)CC1)O2. The second kappa shape index (κ2) is 11.3. The molecule has 1 aliphatic heterocycles. The van der Waals surface area contributed by atoms with Crippen molar-refractivity contribution in [3.05, 3.63) is 49.9 Å². The van der Waals surface area contributed by atoms with E-state index in [0.29, 0.717) is 53.9 Å². The lowest BCUT2D eigenvalue weighted by atomic mass is 9.75. The van der Waals surface area contributed by atoms with Crippen LogP contribution in [0.15, 0.2) is 21.8 Å². The number of carbonyl (C=O) groups is 2.